The van der Waals surface area contributed by atoms with E-state index in [1.165, 1.54) is 0 Å². The minimum absolute atomic E-state index is 0.232. The van der Waals surface area contributed by atoms with Gasteiger partial charge in [-0.05, 0) is 31.4 Å². The molecule has 1 atom stereocenters. The Hall–Kier alpha value is -1.36. The summed E-state index contributed by atoms with van der Waals surface area (Å²) in [7, 11) is 0. The van der Waals surface area contributed by atoms with Crippen LogP contribution in [0.3, 0.4) is 0 Å². The molecule has 0 saturated carbocycles. The van der Waals surface area contributed by atoms with Crippen molar-refractivity contribution in [3.8, 4) is 0 Å². The molecule has 1 rings (SSSR count). The number of carbonyl (C=O) groups excluding carboxylic acids is 1. The van der Waals surface area contributed by atoms with Gasteiger partial charge < -0.3 is 10.4 Å². The number of aryl methyl sites for hydroxylation is 1. The molecule has 4 nitrogen and oxygen atoms in total. The van der Waals surface area contributed by atoms with Crippen LogP contribution in [-0.4, -0.2) is 23.0 Å². The van der Waals surface area contributed by atoms with E-state index in [0.29, 0.717) is 6.42 Å². The Morgan fingerprint density at radius 2 is 2.06 bits per heavy atom. The fourth-order valence-corrected chi connectivity index (χ4v) is 2.57. The molecule has 18 heavy (non-hydrogen) atoms. The summed E-state index contributed by atoms with van der Waals surface area (Å²) in [6.45, 7) is 5.85. The minimum Gasteiger partial charge on any atom is -0.480 e. The van der Waals surface area contributed by atoms with E-state index in [1.54, 1.807) is 11.3 Å². The van der Waals surface area contributed by atoms with Crippen LogP contribution in [0.5, 0.6) is 0 Å². The van der Waals surface area contributed by atoms with Crippen LogP contribution in [0.25, 0.3) is 0 Å². The molecule has 0 saturated heterocycles. The number of nitrogens with one attached hydrogen (secondary N) is 1. The Bertz CT molecular complexity index is 426. The van der Waals surface area contributed by atoms with Gasteiger partial charge in [-0.2, -0.15) is 0 Å². The standard InChI is InChI=1S/C13H19NO3S/c1-8(2)6-11(13(16)17)14-12(15)7-10-5-4-9(3)18-10/h4-5,8,11H,6-7H2,1-3H3,(H,14,15)(H,16,17)/t11-/m0/s1. The zero-order chi connectivity index (χ0) is 13.7. The Morgan fingerprint density at radius 1 is 1.39 bits per heavy atom. The summed E-state index contributed by atoms with van der Waals surface area (Å²) in [5.41, 5.74) is 0. The fraction of sp³-hybridized carbons (Fsp3) is 0.538. The quantitative estimate of drug-likeness (QED) is 0.832. The Kier molecular flexibility index (Phi) is 5.34. The van der Waals surface area contributed by atoms with Crippen LogP contribution in [-0.2, 0) is 16.0 Å². The SMILES string of the molecule is Cc1ccc(CC(=O)N[C@@H](CC(C)C)C(=O)O)s1. The zero-order valence-electron chi connectivity index (χ0n) is 10.9. The highest BCUT2D eigenvalue weighted by Gasteiger charge is 2.21. The van der Waals surface area contributed by atoms with Crippen LogP contribution in [0.15, 0.2) is 12.1 Å². The first-order valence-corrected chi connectivity index (χ1v) is 6.77. The van der Waals surface area contributed by atoms with Crippen LogP contribution in [0.2, 0.25) is 0 Å². The smallest absolute Gasteiger partial charge is 0.326 e. The molecule has 1 amide bonds. The maximum Gasteiger partial charge on any atom is 0.326 e. The lowest BCUT2D eigenvalue weighted by Gasteiger charge is -2.16. The number of carboxylic acid groups (broad SMARTS) is 1. The number of carbonyl (C=O) groups is 2. The first-order chi connectivity index (χ1) is 8.38. The number of carboxylic acids is 1. The Balaban J connectivity index is 2.53. The summed E-state index contributed by atoms with van der Waals surface area (Å²) in [6, 6.07) is 3.06. The van der Waals surface area contributed by atoms with Gasteiger partial charge in [0.1, 0.15) is 6.04 Å². The van der Waals surface area contributed by atoms with Crippen LogP contribution in [0, 0.1) is 12.8 Å². The van der Waals surface area contributed by atoms with Gasteiger partial charge in [0.2, 0.25) is 5.91 Å². The molecule has 2 N–H and O–H groups in total. The number of amides is 1. The molecule has 1 heterocycles. The highest BCUT2D eigenvalue weighted by molar-refractivity contribution is 7.12. The average molecular weight is 269 g/mol. The normalized spacial score (nSPS) is 12.4. The van der Waals surface area contributed by atoms with E-state index < -0.39 is 12.0 Å². The molecular formula is C13H19NO3S. The van der Waals surface area contributed by atoms with Crippen LogP contribution in [0.1, 0.15) is 30.0 Å². The maximum atomic E-state index is 11.8. The van der Waals surface area contributed by atoms with Gasteiger partial charge in [-0.25, -0.2) is 4.79 Å². The van der Waals surface area contributed by atoms with E-state index in [-0.39, 0.29) is 18.2 Å². The summed E-state index contributed by atoms with van der Waals surface area (Å²) < 4.78 is 0. The van der Waals surface area contributed by atoms with Crippen LogP contribution >= 0.6 is 11.3 Å². The van der Waals surface area contributed by atoms with Crippen molar-refractivity contribution in [1.82, 2.24) is 5.32 Å². The summed E-state index contributed by atoms with van der Waals surface area (Å²) in [4.78, 5) is 24.9. The van der Waals surface area contributed by atoms with E-state index in [2.05, 4.69) is 5.32 Å². The number of thiophene rings is 1. The monoisotopic (exact) mass is 269 g/mol. The zero-order valence-corrected chi connectivity index (χ0v) is 11.7. The average Bonchev–Trinajstić information content (AvgIpc) is 2.62. The topological polar surface area (TPSA) is 66.4 Å². The third kappa shape index (κ3) is 4.87. The predicted molar refractivity (Wildman–Crippen MR) is 71.8 cm³/mol. The van der Waals surface area contributed by atoms with Gasteiger partial charge in [0.05, 0.1) is 6.42 Å². The van der Waals surface area contributed by atoms with Gasteiger partial charge in [0.15, 0.2) is 0 Å². The van der Waals surface area contributed by atoms with Crippen LogP contribution < -0.4 is 5.32 Å². The molecule has 0 aliphatic heterocycles. The lowest BCUT2D eigenvalue weighted by molar-refractivity contribution is -0.142. The van der Waals surface area contributed by atoms with Crippen LogP contribution in [0.4, 0.5) is 0 Å². The van der Waals surface area contributed by atoms with Gasteiger partial charge >= 0.3 is 5.97 Å². The molecule has 0 aliphatic carbocycles. The largest absolute Gasteiger partial charge is 0.480 e. The molecular weight excluding hydrogens is 250 g/mol. The maximum absolute atomic E-state index is 11.8. The summed E-state index contributed by atoms with van der Waals surface area (Å²) in [6.07, 6.45) is 0.699. The van der Waals surface area contributed by atoms with E-state index in [1.807, 2.05) is 32.9 Å². The Morgan fingerprint density at radius 3 is 2.50 bits per heavy atom. The van der Waals surface area contributed by atoms with Gasteiger partial charge in [-0.3, -0.25) is 4.79 Å². The van der Waals surface area contributed by atoms with E-state index in [4.69, 9.17) is 5.11 Å². The molecule has 0 fully saturated rings. The second kappa shape index (κ2) is 6.54. The second-order valence-corrected chi connectivity index (χ2v) is 6.15. The predicted octanol–water partition coefficient (Wildman–Crippen LogP) is 2.21. The molecule has 0 radical (unpaired) electrons. The molecule has 0 bridgehead atoms. The van der Waals surface area contributed by atoms with Crippen molar-refractivity contribution < 1.29 is 14.7 Å². The van der Waals surface area contributed by atoms with Gasteiger partial charge in [-0.15, -0.1) is 11.3 Å². The third-order valence-electron chi connectivity index (χ3n) is 2.47. The Labute approximate surface area is 111 Å². The third-order valence-corrected chi connectivity index (χ3v) is 3.47. The second-order valence-electron chi connectivity index (χ2n) is 4.78. The van der Waals surface area contributed by atoms with Crippen molar-refractivity contribution in [2.24, 2.45) is 5.92 Å². The molecule has 0 aliphatic rings. The minimum atomic E-state index is -0.973. The van der Waals surface area contributed by atoms with Crippen molar-refractivity contribution in [1.29, 1.82) is 0 Å². The summed E-state index contributed by atoms with van der Waals surface area (Å²) >= 11 is 1.56. The number of rotatable bonds is 6. The number of aliphatic carboxylic acids is 1. The van der Waals surface area contributed by atoms with Crippen molar-refractivity contribution in [2.75, 3.05) is 0 Å². The first-order valence-electron chi connectivity index (χ1n) is 5.96. The first kappa shape index (κ1) is 14.7. The molecule has 1 aromatic rings. The number of hydrogen-bond donors (Lipinski definition) is 2. The van der Waals surface area contributed by atoms with Crippen molar-refractivity contribution >= 4 is 23.2 Å². The molecule has 100 valence electrons. The highest BCUT2D eigenvalue weighted by Crippen LogP contribution is 2.15. The van der Waals surface area contributed by atoms with Gasteiger partial charge in [0, 0.05) is 9.75 Å². The lowest BCUT2D eigenvalue weighted by atomic mass is 10.0. The van der Waals surface area contributed by atoms with E-state index >= 15 is 0 Å². The van der Waals surface area contributed by atoms with Gasteiger partial charge in [-0.1, -0.05) is 13.8 Å². The molecule has 5 heteroatoms. The van der Waals surface area contributed by atoms with Crippen molar-refractivity contribution in [2.45, 2.75) is 39.7 Å². The van der Waals surface area contributed by atoms with E-state index in [0.717, 1.165) is 9.75 Å². The van der Waals surface area contributed by atoms with Gasteiger partial charge in [0.25, 0.3) is 0 Å². The molecule has 0 unspecified atom stereocenters. The summed E-state index contributed by atoms with van der Waals surface area (Å²) in [5, 5.41) is 11.6. The molecule has 0 spiro atoms. The highest BCUT2D eigenvalue weighted by atomic mass is 32.1. The molecule has 1 aromatic heterocycles. The van der Waals surface area contributed by atoms with Crippen molar-refractivity contribution in [3.05, 3.63) is 21.9 Å². The van der Waals surface area contributed by atoms with Crippen molar-refractivity contribution in [3.63, 3.8) is 0 Å². The van der Waals surface area contributed by atoms with E-state index in [9.17, 15) is 9.59 Å². The fourth-order valence-electron chi connectivity index (χ4n) is 1.68. The number of hydrogen-bond acceptors (Lipinski definition) is 3. The molecule has 0 aromatic carbocycles. The lowest BCUT2D eigenvalue weighted by Crippen LogP contribution is -2.42. The summed E-state index contributed by atoms with van der Waals surface area (Å²) in [5.74, 6) is -0.973.